The minimum absolute atomic E-state index is 0.0578. The molecule has 1 unspecified atom stereocenters. The molecule has 2 fully saturated rings. The molecular weight excluding hydrogens is 342 g/mol. The number of hydrogen-bond donors (Lipinski definition) is 1. The zero-order valence-electron chi connectivity index (χ0n) is 16.5. The average Bonchev–Trinajstić information content (AvgIpc) is 3.24. The fourth-order valence-corrected chi connectivity index (χ4v) is 4.29. The van der Waals surface area contributed by atoms with Gasteiger partial charge in [0.25, 0.3) is 5.91 Å². The maximum Gasteiger partial charge on any atom is 0.257 e. The van der Waals surface area contributed by atoms with Crippen LogP contribution in [-0.4, -0.2) is 63.8 Å². The summed E-state index contributed by atoms with van der Waals surface area (Å²) >= 11 is 0. The molecule has 2 aliphatic rings. The Balaban J connectivity index is 1.40. The molecule has 2 aromatic rings. The third-order valence-electron chi connectivity index (χ3n) is 5.71. The Morgan fingerprint density at radius 3 is 2.74 bits per heavy atom. The van der Waals surface area contributed by atoms with Gasteiger partial charge in [0.05, 0.1) is 11.8 Å². The van der Waals surface area contributed by atoms with Crippen LogP contribution in [0.2, 0.25) is 0 Å². The Morgan fingerprint density at radius 1 is 1.26 bits per heavy atom. The van der Waals surface area contributed by atoms with Crippen LogP contribution in [0.25, 0.3) is 5.65 Å². The number of aryl methyl sites for hydroxylation is 3. The van der Waals surface area contributed by atoms with Gasteiger partial charge in [-0.2, -0.15) is 5.10 Å². The zero-order valence-corrected chi connectivity index (χ0v) is 16.5. The summed E-state index contributed by atoms with van der Waals surface area (Å²) in [7, 11) is 0. The molecule has 4 heterocycles. The van der Waals surface area contributed by atoms with Gasteiger partial charge < -0.3 is 15.0 Å². The van der Waals surface area contributed by atoms with Crippen molar-refractivity contribution in [1.29, 1.82) is 0 Å². The van der Waals surface area contributed by atoms with Gasteiger partial charge in [-0.05, 0) is 52.5 Å². The normalized spacial score (nSPS) is 21.8. The van der Waals surface area contributed by atoms with Crippen LogP contribution in [-0.2, 0) is 4.74 Å². The maximum atomic E-state index is 13.0. The fourth-order valence-electron chi connectivity index (χ4n) is 4.29. The molecule has 2 saturated heterocycles. The SMILES string of the molecule is Cc1cc(C)n2nc(C)c(C(=O)NC3CCN(CC4CCCO4)CC3)c2n1. The summed E-state index contributed by atoms with van der Waals surface area (Å²) in [4.78, 5) is 20.0. The number of hydrogen-bond acceptors (Lipinski definition) is 5. The van der Waals surface area contributed by atoms with Gasteiger partial charge in [0.1, 0.15) is 5.56 Å². The van der Waals surface area contributed by atoms with Crippen molar-refractivity contribution in [3.8, 4) is 0 Å². The van der Waals surface area contributed by atoms with Crippen LogP contribution in [0.1, 0.15) is 53.1 Å². The molecule has 7 heteroatoms. The van der Waals surface area contributed by atoms with Gasteiger partial charge in [-0.1, -0.05) is 0 Å². The van der Waals surface area contributed by atoms with Crippen LogP contribution >= 0.6 is 0 Å². The topological polar surface area (TPSA) is 71.8 Å². The first kappa shape index (κ1) is 18.4. The highest BCUT2D eigenvalue weighted by Crippen LogP contribution is 2.19. The van der Waals surface area contributed by atoms with Crippen LogP contribution in [0, 0.1) is 20.8 Å². The number of ether oxygens (including phenoxy) is 1. The molecule has 0 spiro atoms. The van der Waals surface area contributed by atoms with Crippen LogP contribution in [0.3, 0.4) is 0 Å². The first-order valence-corrected chi connectivity index (χ1v) is 9.99. The largest absolute Gasteiger partial charge is 0.377 e. The van der Waals surface area contributed by atoms with Crippen LogP contribution in [0.5, 0.6) is 0 Å². The lowest BCUT2D eigenvalue weighted by Gasteiger charge is -2.33. The van der Waals surface area contributed by atoms with E-state index in [0.717, 1.165) is 56.2 Å². The highest BCUT2D eigenvalue weighted by molar-refractivity contribution is 6.01. The molecular formula is C20H29N5O2. The summed E-state index contributed by atoms with van der Waals surface area (Å²) in [6.07, 6.45) is 4.71. The molecule has 1 amide bonds. The van der Waals surface area contributed by atoms with E-state index in [1.165, 1.54) is 12.8 Å². The first-order valence-electron chi connectivity index (χ1n) is 9.99. The summed E-state index contributed by atoms with van der Waals surface area (Å²) in [6, 6.07) is 2.18. The van der Waals surface area contributed by atoms with Crippen molar-refractivity contribution in [2.45, 2.75) is 58.6 Å². The molecule has 0 saturated carbocycles. The van der Waals surface area contributed by atoms with Crippen molar-refractivity contribution in [2.24, 2.45) is 0 Å². The van der Waals surface area contributed by atoms with Crippen molar-refractivity contribution in [2.75, 3.05) is 26.2 Å². The van der Waals surface area contributed by atoms with Gasteiger partial charge >= 0.3 is 0 Å². The molecule has 2 aromatic heterocycles. The Hall–Kier alpha value is -1.99. The number of nitrogens with zero attached hydrogens (tertiary/aromatic N) is 4. The number of aromatic nitrogens is 3. The van der Waals surface area contributed by atoms with Crippen LogP contribution in [0.15, 0.2) is 6.07 Å². The minimum atomic E-state index is -0.0578. The summed E-state index contributed by atoms with van der Waals surface area (Å²) in [5.41, 5.74) is 3.87. The summed E-state index contributed by atoms with van der Waals surface area (Å²) in [5, 5.41) is 7.73. The summed E-state index contributed by atoms with van der Waals surface area (Å²) in [5.74, 6) is -0.0578. The van der Waals surface area contributed by atoms with E-state index >= 15 is 0 Å². The summed E-state index contributed by atoms with van der Waals surface area (Å²) < 4.78 is 7.51. The Kier molecular flexibility index (Phi) is 5.14. The van der Waals surface area contributed by atoms with Crippen molar-refractivity contribution >= 4 is 11.6 Å². The third kappa shape index (κ3) is 3.84. The minimum Gasteiger partial charge on any atom is -0.377 e. The molecule has 146 valence electrons. The van der Waals surface area contributed by atoms with Gasteiger partial charge in [-0.15, -0.1) is 0 Å². The number of piperidine rings is 1. The van der Waals surface area contributed by atoms with Crippen LogP contribution in [0.4, 0.5) is 0 Å². The number of carbonyl (C=O) groups is 1. The Labute approximate surface area is 160 Å². The maximum absolute atomic E-state index is 13.0. The molecule has 2 aliphatic heterocycles. The van der Waals surface area contributed by atoms with E-state index in [1.807, 2.05) is 26.8 Å². The fraction of sp³-hybridized carbons (Fsp3) is 0.650. The molecule has 0 radical (unpaired) electrons. The van der Waals surface area contributed by atoms with E-state index in [0.29, 0.717) is 17.3 Å². The molecule has 7 nitrogen and oxygen atoms in total. The molecule has 1 atom stereocenters. The zero-order chi connectivity index (χ0) is 19.0. The smallest absolute Gasteiger partial charge is 0.257 e. The molecule has 1 N–H and O–H groups in total. The van der Waals surface area contributed by atoms with Crippen molar-refractivity contribution in [3.05, 3.63) is 28.7 Å². The molecule has 0 bridgehead atoms. The van der Waals surface area contributed by atoms with E-state index in [-0.39, 0.29) is 11.9 Å². The van der Waals surface area contributed by atoms with E-state index in [1.54, 1.807) is 4.52 Å². The van der Waals surface area contributed by atoms with Crippen molar-refractivity contribution < 1.29 is 9.53 Å². The predicted molar refractivity (Wildman–Crippen MR) is 103 cm³/mol. The number of amides is 1. The van der Waals surface area contributed by atoms with Crippen LogP contribution < -0.4 is 5.32 Å². The lowest BCUT2D eigenvalue weighted by atomic mass is 10.0. The van der Waals surface area contributed by atoms with E-state index in [2.05, 4.69) is 20.3 Å². The first-order chi connectivity index (χ1) is 13.0. The van der Waals surface area contributed by atoms with Gasteiger partial charge in [0, 0.05) is 43.7 Å². The predicted octanol–water partition coefficient (Wildman–Crippen LogP) is 2.03. The van der Waals surface area contributed by atoms with Crippen molar-refractivity contribution in [3.63, 3.8) is 0 Å². The summed E-state index contributed by atoms with van der Waals surface area (Å²) in [6.45, 7) is 9.76. The quantitative estimate of drug-likeness (QED) is 0.890. The molecule has 0 aliphatic carbocycles. The van der Waals surface area contributed by atoms with Gasteiger partial charge in [-0.25, -0.2) is 9.50 Å². The number of rotatable bonds is 4. The standard InChI is InChI=1S/C20H29N5O2/c1-13-11-14(2)25-19(21-13)18(15(3)23-25)20(26)22-16-6-8-24(9-7-16)12-17-5-4-10-27-17/h11,16-17H,4-10,12H2,1-3H3,(H,22,26). The average molecular weight is 371 g/mol. The lowest BCUT2D eigenvalue weighted by Crippen LogP contribution is -2.46. The molecule has 27 heavy (non-hydrogen) atoms. The van der Waals surface area contributed by atoms with Gasteiger partial charge in [-0.3, -0.25) is 4.79 Å². The van der Waals surface area contributed by atoms with E-state index in [9.17, 15) is 4.79 Å². The Morgan fingerprint density at radius 2 is 2.04 bits per heavy atom. The number of fused-ring (bicyclic) bond motifs is 1. The Bertz CT molecular complexity index is 832. The van der Waals surface area contributed by atoms with Gasteiger partial charge in [0.15, 0.2) is 5.65 Å². The number of carbonyl (C=O) groups excluding carboxylic acids is 1. The molecule has 0 aromatic carbocycles. The van der Waals surface area contributed by atoms with Gasteiger partial charge in [0.2, 0.25) is 0 Å². The highest BCUT2D eigenvalue weighted by Gasteiger charge is 2.27. The monoisotopic (exact) mass is 371 g/mol. The number of likely N-dealkylation sites (tertiary alicyclic amines) is 1. The second-order valence-corrected chi connectivity index (χ2v) is 7.92. The second kappa shape index (κ2) is 7.56. The van der Waals surface area contributed by atoms with Crippen molar-refractivity contribution in [1.82, 2.24) is 24.8 Å². The van der Waals surface area contributed by atoms with E-state index in [4.69, 9.17) is 4.74 Å². The lowest BCUT2D eigenvalue weighted by molar-refractivity contribution is 0.0613. The molecule has 4 rings (SSSR count). The highest BCUT2D eigenvalue weighted by atomic mass is 16.5. The third-order valence-corrected chi connectivity index (χ3v) is 5.71. The van der Waals surface area contributed by atoms with E-state index < -0.39 is 0 Å². The number of nitrogens with one attached hydrogen (secondary N) is 1. The second-order valence-electron chi connectivity index (χ2n) is 7.92.